The van der Waals surface area contributed by atoms with Gasteiger partial charge in [-0.1, -0.05) is 30.3 Å². The van der Waals surface area contributed by atoms with Crippen LogP contribution in [0.5, 0.6) is 0 Å². The molecule has 1 saturated heterocycles. The number of carbonyl (C=O) groups excluding carboxylic acids is 2. The largest absolute Gasteiger partial charge is 0.451 e. The monoisotopic (exact) mass is 399 g/mol. The summed E-state index contributed by atoms with van der Waals surface area (Å²) in [6, 6.07) is 11.4. The van der Waals surface area contributed by atoms with Gasteiger partial charge in [0.1, 0.15) is 6.54 Å². The Balaban J connectivity index is 1.47. The highest BCUT2D eigenvalue weighted by Gasteiger charge is 2.28. The van der Waals surface area contributed by atoms with Gasteiger partial charge in [0, 0.05) is 25.4 Å². The molecular formula is C21H25N3O5. The maximum absolute atomic E-state index is 12.6. The quantitative estimate of drug-likeness (QED) is 0.729. The zero-order chi connectivity index (χ0) is 20.8. The van der Waals surface area contributed by atoms with Crippen LogP contribution >= 0.6 is 0 Å². The number of esters is 1. The third-order valence-electron chi connectivity index (χ3n) is 5.15. The van der Waals surface area contributed by atoms with Crippen molar-refractivity contribution in [2.24, 2.45) is 5.92 Å². The molecule has 1 aliphatic rings. The van der Waals surface area contributed by atoms with E-state index in [9.17, 15) is 19.2 Å². The van der Waals surface area contributed by atoms with E-state index in [1.165, 1.54) is 18.7 Å². The molecule has 1 N–H and O–H groups in total. The number of hydrogen-bond acceptors (Lipinski definition) is 5. The second kappa shape index (κ2) is 9.36. The lowest BCUT2D eigenvalue weighted by molar-refractivity contribution is -0.160. The van der Waals surface area contributed by atoms with Gasteiger partial charge >= 0.3 is 11.7 Å². The first kappa shape index (κ1) is 20.6. The Hall–Kier alpha value is -3.16. The van der Waals surface area contributed by atoms with Crippen molar-refractivity contribution in [2.45, 2.75) is 38.8 Å². The van der Waals surface area contributed by atoms with E-state index in [1.807, 2.05) is 18.2 Å². The molecule has 1 aliphatic heterocycles. The number of likely N-dealkylation sites (tertiary alicyclic amines) is 1. The van der Waals surface area contributed by atoms with Crippen LogP contribution in [0.25, 0.3) is 0 Å². The number of amides is 1. The van der Waals surface area contributed by atoms with Crippen molar-refractivity contribution in [1.29, 1.82) is 0 Å². The maximum Gasteiger partial charge on any atom is 0.328 e. The molecule has 1 aromatic carbocycles. The van der Waals surface area contributed by atoms with Crippen LogP contribution in [0.1, 0.15) is 25.3 Å². The minimum atomic E-state index is -0.924. The molecule has 8 nitrogen and oxygen atoms in total. The van der Waals surface area contributed by atoms with Crippen molar-refractivity contribution < 1.29 is 14.3 Å². The van der Waals surface area contributed by atoms with Gasteiger partial charge < -0.3 is 9.64 Å². The van der Waals surface area contributed by atoms with E-state index in [2.05, 4.69) is 17.1 Å². The van der Waals surface area contributed by atoms with Crippen molar-refractivity contribution in [3.05, 3.63) is 69.0 Å². The highest BCUT2D eigenvalue weighted by atomic mass is 16.5. The summed E-state index contributed by atoms with van der Waals surface area (Å²) in [4.78, 5) is 51.1. The van der Waals surface area contributed by atoms with E-state index in [-0.39, 0.29) is 12.5 Å². The number of nitrogens with zero attached hydrogens (tertiary/aromatic N) is 2. The second-order valence-electron chi connectivity index (χ2n) is 7.33. The fourth-order valence-corrected chi connectivity index (χ4v) is 3.55. The summed E-state index contributed by atoms with van der Waals surface area (Å²) in [6.45, 7) is 2.44. The zero-order valence-electron chi connectivity index (χ0n) is 16.4. The Morgan fingerprint density at radius 1 is 1.14 bits per heavy atom. The average Bonchev–Trinajstić information content (AvgIpc) is 2.71. The van der Waals surface area contributed by atoms with Crippen LogP contribution in [0.4, 0.5) is 0 Å². The minimum absolute atomic E-state index is 0.231. The lowest BCUT2D eigenvalue weighted by Crippen LogP contribution is -2.45. The van der Waals surface area contributed by atoms with Crippen molar-refractivity contribution >= 4 is 11.9 Å². The van der Waals surface area contributed by atoms with Crippen LogP contribution in [0.2, 0.25) is 0 Å². The van der Waals surface area contributed by atoms with Crippen molar-refractivity contribution in [3.8, 4) is 0 Å². The summed E-state index contributed by atoms with van der Waals surface area (Å²) in [7, 11) is 0. The van der Waals surface area contributed by atoms with E-state index in [1.54, 1.807) is 4.90 Å². The van der Waals surface area contributed by atoms with Crippen LogP contribution < -0.4 is 11.2 Å². The van der Waals surface area contributed by atoms with E-state index < -0.39 is 23.3 Å². The molecule has 1 amide bonds. The topological polar surface area (TPSA) is 101 Å². The second-order valence-corrected chi connectivity index (χ2v) is 7.33. The Kier molecular flexibility index (Phi) is 6.64. The maximum atomic E-state index is 12.6. The predicted octanol–water partition coefficient (Wildman–Crippen LogP) is 0.950. The minimum Gasteiger partial charge on any atom is -0.451 e. The van der Waals surface area contributed by atoms with Crippen LogP contribution in [0.15, 0.2) is 52.2 Å². The highest BCUT2D eigenvalue weighted by Crippen LogP contribution is 2.22. The normalized spacial score (nSPS) is 15.7. The Bertz CT molecular complexity index is 958. The first-order valence-electron chi connectivity index (χ1n) is 9.74. The van der Waals surface area contributed by atoms with Crippen LogP contribution in [-0.2, 0) is 27.3 Å². The van der Waals surface area contributed by atoms with Crippen molar-refractivity contribution in [3.63, 3.8) is 0 Å². The summed E-state index contributed by atoms with van der Waals surface area (Å²) < 4.78 is 6.22. The smallest absolute Gasteiger partial charge is 0.328 e. The molecule has 0 spiro atoms. The molecule has 0 saturated carbocycles. The number of carbonyl (C=O) groups is 2. The standard InChI is InChI=1S/C21H25N3O5/c1-15(29-19(26)14-24-12-9-18(25)22-21(24)28)20(27)23-10-7-17(8-11-23)13-16-5-3-2-4-6-16/h2-6,9,12,15,17H,7-8,10-11,13-14H2,1H3,(H,22,25,28)/t15-/m0/s1. The van der Waals surface area contributed by atoms with Crippen LogP contribution in [0, 0.1) is 5.92 Å². The van der Waals surface area contributed by atoms with Gasteiger partial charge in [-0.25, -0.2) is 4.79 Å². The lowest BCUT2D eigenvalue weighted by Gasteiger charge is -2.33. The van der Waals surface area contributed by atoms with Gasteiger partial charge in [-0.3, -0.25) is 23.9 Å². The molecule has 8 heteroatoms. The molecule has 0 radical (unpaired) electrons. The van der Waals surface area contributed by atoms with Gasteiger partial charge in [-0.15, -0.1) is 0 Å². The molecule has 0 bridgehead atoms. The number of nitrogens with one attached hydrogen (secondary N) is 1. The lowest BCUT2D eigenvalue weighted by atomic mass is 9.90. The Labute approximate surface area is 168 Å². The van der Waals surface area contributed by atoms with E-state index in [0.29, 0.717) is 19.0 Å². The van der Waals surface area contributed by atoms with E-state index >= 15 is 0 Å². The predicted molar refractivity (Wildman–Crippen MR) is 106 cm³/mol. The molecule has 1 aromatic heterocycles. The molecule has 29 heavy (non-hydrogen) atoms. The molecule has 2 heterocycles. The molecule has 0 aliphatic carbocycles. The van der Waals surface area contributed by atoms with Crippen LogP contribution in [-0.4, -0.2) is 45.5 Å². The van der Waals surface area contributed by atoms with Crippen molar-refractivity contribution in [2.75, 3.05) is 13.1 Å². The third kappa shape index (κ3) is 5.66. The Morgan fingerprint density at radius 3 is 2.48 bits per heavy atom. The third-order valence-corrected chi connectivity index (χ3v) is 5.15. The molecule has 1 atom stereocenters. The first-order chi connectivity index (χ1) is 13.9. The first-order valence-corrected chi connectivity index (χ1v) is 9.74. The average molecular weight is 399 g/mol. The molecular weight excluding hydrogens is 374 g/mol. The zero-order valence-corrected chi connectivity index (χ0v) is 16.4. The summed E-state index contributed by atoms with van der Waals surface area (Å²) in [5.41, 5.74) is 0.0600. The number of benzene rings is 1. The van der Waals surface area contributed by atoms with Gasteiger partial charge in [0.15, 0.2) is 6.10 Å². The number of hydrogen-bond donors (Lipinski definition) is 1. The van der Waals surface area contributed by atoms with Gasteiger partial charge in [0.25, 0.3) is 11.5 Å². The summed E-state index contributed by atoms with van der Waals surface area (Å²) in [5.74, 6) is -0.407. The van der Waals surface area contributed by atoms with Gasteiger partial charge in [0.05, 0.1) is 0 Å². The van der Waals surface area contributed by atoms with Gasteiger partial charge in [-0.2, -0.15) is 0 Å². The number of ether oxygens (including phenoxy) is 1. The van der Waals surface area contributed by atoms with Gasteiger partial charge in [-0.05, 0) is 37.7 Å². The summed E-state index contributed by atoms with van der Waals surface area (Å²) in [5, 5.41) is 0. The van der Waals surface area contributed by atoms with E-state index in [0.717, 1.165) is 29.9 Å². The van der Waals surface area contributed by atoms with Gasteiger partial charge in [0.2, 0.25) is 0 Å². The number of aromatic amines is 1. The number of piperidine rings is 1. The fourth-order valence-electron chi connectivity index (χ4n) is 3.55. The number of rotatable bonds is 6. The highest BCUT2D eigenvalue weighted by molar-refractivity contribution is 5.83. The Morgan fingerprint density at radius 2 is 1.83 bits per heavy atom. The molecule has 154 valence electrons. The SMILES string of the molecule is C[C@H](OC(=O)Cn1ccc(=O)[nH]c1=O)C(=O)N1CCC(Cc2ccccc2)CC1. The molecule has 0 unspecified atom stereocenters. The number of aromatic nitrogens is 2. The molecule has 3 rings (SSSR count). The van der Waals surface area contributed by atoms with Crippen LogP contribution in [0.3, 0.4) is 0 Å². The molecule has 1 fully saturated rings. The van der Waals surface area contributed by atoms with E-state index in [4.69, 9.17) is 4.74 Å². The summed E-state index contributed by atoms with van der Waals surface area (Å²) in [6.07, 6.45) is 3.11. The fraction of sp³-hybridized carbons (Fsp3) is 0.429. The molecule has 2 aromatic rings. The summed E-state index contributed by atoms with van der Waals surface area (Å²) >= 11 is 0. The number of H-pyrrole nitrogens is 1. The van der Waals surface area contributed by atoms with Crippen molar-refractivity contribution in [1.82, 2.24) is 14.5 Å².